The Kier molecular flexibility index (Phi) is 5.30. The summed E-state index contributed by atoms with van der Waals surface area (Å²) in [5.41, 5.74) is 0.940. The Morgan fingerprint density at radius 3 is 2.94 bits per heavy atom. The molecule has 32 heavy (non-hydrogen) atoms. The third-order valence-corrected chi connectivity index (χ3v) is 6.75. The molecule has 0 saturated carbocycles. The molecule has 0 atom stereocenters. The number of fused-ring (bicyclic) bond motifs is 3. The second kappa shape index (κ2) is 8.27. The van der Waals surface area contributed by atoms with E-state index in [-0.39, 0.29) is 12.4 Å². The van der Waals surface area contributed by atoms with Crippen LogP contribution in [0.1, 0.15) is 40.3 Å². The van der Waals surface area contributed by atoms with Gasteiger partial charge in [-0.1, -0.05) is 6.42 Å². The number of nitrogens with zero attached hydrogens (tertiary/aromatic N) is 2. The number of hydrogen-bond donors (Lipinski definition) is 1. The highest BCUT2D eigenvalue weighted by atomic mass is 32.1. The molecule has 1 N–H and O–H groups in total. The van der Waals surface area contributed by atoms with Crippen LogP contribution in [0.25, 0.3) is 10.2 Å². The van der Waals surface area contributed by atoms with Crippen molar-refractivity contribution in [1.82, 2.24) is 9.55 Å². The number of benzene rings is 1. The summed E-state index contributed by atoms with van der Waals surface area (Å²) < 4.78 is 17.5. The summed E-state index contributed by atoms with van der Waals surface area (Å²) in [6.07, 6.45) is 3.76. The van der Waals surface area contributed by atoms with Crippen LogP contribution in [0.2, 0.25) is 0 Å². The molecule has 0 fully saturated rings. The monoisotopic (exact) mass is 455 g/mol. The van der Waals surface area contributed by atoms with Gasteiger partial charge in [0, 0.05) is 24.7 Å². The number of hydrogen-bond acceptors (Lipinski definition) is 8. The minimum atomic E-state index is -0.647. The Hall–Kier alpha value is -3.40. The Bertz CT molecular complexity index is 1300. The van der Waals surface area contributed by atoms with Gasteiger partial charge in [-0.2, -0.15) is 0 Å². The van der Waals surface area contributed by atoms with E-state index in [1.807, 2.05) is 0 Å². The zero-order valence-electron chi connectivity index (χ0n) is 17.4. The third kappa shape index (κ3) is 3.70. The molecule has 4 heterocycles. The number of anilines is 1. The molecule has 0 aliphatic carbocycles. The highest BCUT2D eigenvalue weighted by molar-refractivity contribution is 7.20. The van der Waals surface area contributed by atoms with E-state index in [1.165, 1.54) is 0 Å². The molecule has 0 radical (unpaired) electrons. The molecular weight excluding hydrogens is 434 g/mol. The molecule has 0 unspecified atom stereocenters. The normalized spacial score (nSPS) is 14.7. The van der Waals surface area contributed by atoms with Gasteiger partial charge in [-0.15, -0.1) is 11.3 Å². The fourth-order valence-corrected chi connectivity index (χ4v) is 5.06. The standard InChI is InChI=1S/C22H21N3O6S/c1-12-18-20(24-16-5-3-2-4-8-25(16)21(18)27)32-19(12)22(28)29-10-17(26)23-13-6-7-14-15(9-13)31-11-30-14/h6-7,9H,2-5,8,10-11H2,1H3,(H,23,26). The van der Waals surface area contributed by atoms with Gasteiger partial charge in [0.05, 0.1) is 5.39 Å². The summed E-state index contributed by atoms with van der Waals surface area (Å²) in [4.78, 5) is 43.4. The highest BCUT2D eigenvalue weighted by Gasteiger charge is 2.23. The van der Waals surface area contributed by atoms with Crippen molar-refractivity contribution in [1.29, 1.82) is 0 Å². The number of carbonyl (C=O) groups excluding carboxylic acids is 2. The second-order valence-corrected chi connectivity index (χ2v) is 8.72. The summed E-state index contributed by atoms with van der Waals surface area (Å²) >= 11 is 1.13. The van der Waals surface area contributed by atoms with Crippen LogP contribution in [0.4, 0.5) is 5.69 Å². The Morgan fingerprint density at radius 2 is 2.06 bits per heavy atom. The number of esters is 1. The van der Waals surface area contributed by atoms with Crippen molar-refractivity contribution in [3.63, 3.8) is 0 Å². The van der Waals surface area contributed by atoms with Crippen molar-refractivity contribution in [2.24, 2.45) is 0 Å². The minimum absolute atomic E-state index is 0.111. The molecule has 5 rings (SSSR count). The molecule has 2 aromatic heterocycles. The maximum atomic E-state index is 13.0. The number of aromatic nitrogens is 2. The van der Waals surface area contributed by atoms with Crippen molar-refractivity contribution >= 4 is 39.1 Å². The predicted molar refractivity (Wildman–Crippen MR) is 118 cm³/mol. The molecule has 1 amide bonds. The number of rotatable bonds is 4. The average Bonchev–Trinajstić information content (AvgIpc) is 3.28. The Morgan fingerprint density at radius 1 is 1.22 bits per heavy atom. The van der Waals surface area contributed by atoms with E-state index in [9.17, 15) is 14.4 Å². The number of amides is 1. The first-order valence-corrected chi connectivity index (χ1v) is 11.2. The van der Waals surface area contributed by atoms with E-state index < -0.39 is 18.5 Å². The van der Waals surface area contributed by atoms with E-state index in [1.54, 1.807) is 29.7 Å². The number of aryl methyl sites for hydroxylation is 2. The Balaban J connectivity index is 1.30. The van der Waals surface area contributed by atoms with Gasteiger partial charge in [0.2, 0.25) is 6.79 Å². The largest absolute Gasteiger partial charge is 0.454 e. The molecular formula is C22H21N3O6S. The lowest BCUT2D eigenvalue weighted by Gasteiger charge is -2.08. The van der Waals surface area contributed by atoms with E-state index in [0.29, 0.717) is 44.4 Å². The van der Waals surface area contributed by atoms with Crippen molar-refractivity contribution in [2.45, 2.75) is 39.2 Å². The minimum Gasteiger partial charge on any atom is -0.454 e. The summed E-state index contributed by atoms with van der Waals surface area (Å²) in [7, 11) is 0. The summed E-state index contributed by atoms with van der Waals surface area (Å²) in [6, 6.07) is 5.01. The fraction of sp³-hybridized carbons (Fsp3) is 0.364. The SMILES string of the molecule is Cc1c(C(=O)OCC(=O)Nc2ccc3c(c2)OCO3)sc2nc3n(c(=O)c12)CCCCC3. The van der Waals surface area contributed by atoms with Gasteiger partial charge in [0.1, 0.15) is 15.5 Å². The van der Waals surface area contributed by atoms with Crippen LogP contribution in [-0.4, -0.2) is 34.8 Å². The van der Waals surface area contributed by atoms with Gasteiger partial charge in [0.25, 0.3) is 11.5 Å². The summed E-state index contributed by atoms with van der Waals surface area (Å²) in [5, 5.41) is 3.11. The van der Waals surface area contributed by atoms with Gasteiger partial charge in [-0.25, -0.2) is 9.78 Å². The van der Waals surface area contributed by atoms with Crippen molar-refractivity contribution in [2.75, 3.05) is 18.7 Å². The zero-order valence-corrected chi connectivity index (χ0v) is 18.3. The number of carbonyl (C=O) groups is 2. The van der Waals surface area contributed by atoms with Crippen LogP contribution >= 0.6 is 11.3 Å². The lowest BCUT2D eigenvalue weighted by molar-refractivity contribution is -0.119. The molecule has 0 bridgehead atoms. The van der Waals surface area contributed by atoms with Crippen LogP contribution in [0, 0.1) is 6.92 Å². The van der Waals surface area contributed by atoms with Crippen LogP contribution in [0.3, 0.4) is 0 Å². The van der Waals surface area contributed by atoms with E-state index in [2.05, 4.69) is 10.3 Å². The van der Waals surface area contributed by atoms with Crippen molar-refractivity contribution in [3.8, 4) is 11.5 Å². The lowest BCUT2D eigenvalue weighted by Crippen LogP contribution is -2.24. The Labute approximate surface area is 186 Å². The quantitative estimate of drug-likeness (QED) is 0.603. The van der Waals surface area contributed by atoms with Crippen LogP contribution in [0.5, 0.6) is 11.5 Å². The third-order valence-electron chi connectivity index (χ3n) is 5.59. The van der Waals surface area contributed by atoms with Gasteiger partial charge < -0.3 is 19.5 Å². The smallest absolute Gasteiger partial charge is 0.349 e. The van der Waals surface area contributed by atoms with Crippen LogP contribution < -0.4 is 20.3 Å². The maximum Gasteiger partial charge on any atom is 0.349 e. The number of nitrogens with one attached hydrogen (secondary N) is 1. The van der Waals surface area contributed by atoms with Crippen molar-refractivity contribution < 1.29 is 23.8 Å². The molecule has 2 aliphatic heterocycles. The maximum absolute atomic E-state index is 13.0. The number of thiophene rings is 1. The first kappa shape index (κ1) is 20.5. The van der Waals surface area contributed by atoms with E-state index in [4.69, 9.17) is 14.2 Å². The van der Waals surface area contributed by atoms with Gasteiger partial charge >= 0.3 is 5.97 Å². The molecule has 166 valence electrons. The molecule has 3 aromatic rings. The van der Waals surface area contributed by atoms with Crippen LogP contribution in [-0.2, 0) is 22.5 Å². The van der Waals surface area contributed by atoms with Crippen molar-refractivity contribution in [3.05, 3.63) is 44.8 Å². The summed E-state index contributed by atoms with van der Waals surface area (Å²) in [5.74, 6) is 0.783. The fourth-order valence-electron chi connectivity index (χ4n) is 3.97. The average molecular weight is 455 g/mol. The number of ether oxygens (including phenoxy) is 3. The molecule has 2 aliphatic rings. The van der Waals surface area contributed by atoms with Crippen LogP contribution in [0.15, 0.2) is 23.0 Å². The van der Waals surface area contributed by atoms with Gasteiger partial charge in [0.15, 0.2) is 18.1 Å². The highest BCUT2D eigenvalue weighted by Crippen LogP contribution is 2.34. The molecule has 0 spiro atoms. The molecule has 10 heteroatoms. The van der Waals surface area contributed by atoms with Gasteiger partial charge in [-0.3, -0.25) is 14.2 Å². The molecule has 9 nitrogen and oxygen atoms in total. The first-order valence-electron chi connectivity index (χ1n) is 10.4. The predicted octanol–water partition coefficient (Wildman–Crippen LogP) is 3.02. The van der Waals surface area contributed by atoms with E-state index in [0.717, 1.165) is 42.8 Å². The second-order valence-electron chi connectivity index (χ2n) is 7.72. The topological polar surface area (TPSA) is 109 Å². The molecule has 1 aromatic carbocycles. The first-order chi connectivity index (χ1) is 15.5. The lowest BCUT2D eigenvalue weighted by atomic mass is 10.2. The summed E-state index contributed by atoms with van der Waals surface area (Å²) in [6.45, 7) is 2.05. The zero-order chi connectivity index (χ0) is 22.2. The molecule has 0 saturated heterocycles. The van der Waals surface area contributed by atoms with E-state index >= 15 is 0 Å². The van der Waals surface area contributed by atoms with Gasteiger partial charge in [-0.05, 0) is 37.5 Å².